The SMILES string of the molecule is CC1(c2cc(NC(=O)c3ccc(-c4cnco4)cc3)ccc2F)COCC(N)=N1. The van der Waals surface area contributed by atoms with Gasteiger partial charge in [-0.3, -0.25) is 9.79 Å². The van der Waals surface area contributed by atoms with Gasteiger partial charge in [0, 0.05) is 22.4 Å². The van der Waals surface area contributed by atoms with Crippen molar-refractivity contribution < 1.29 is 18.3 Å². The number of nitrogens with two attached hydrogens (primary N) is 1. The Kier molecular flexibility index (Phi) is 4.85. The fourth-order valence-corrected chi connectivity index (χ4v) is 3.24. The van der Waals surface area contributed by atoms with Crippen LogP contribution in [-0.2, 0) is 10.3 Å². The molecule has 3 aromatic rings. The Bertz CT molecular complexity index is 1060. The summed E-state index contributed by atoms with van der Waals surface area (Å²) in [6.45, 7) is 2.16. The van der Waals surface area contributed by atoms with Crippen LogP contribution in [0, 0.1) is 5.82 Å². The first-order valence-electron chi connectivity index (χ1n) is 8.97. The van der Waals surface area contributed by atoms with Crippen LogP contribution < -0.4 is 11.1 Å². The van der Waals surface area contributed by atoms with Crippen molar-refractivity contribution in [1.29, 1.82) is 0 Å². The molecule has 1 aliphatic rings. The Hall–Kier alpha value is -3.52. The van der Waals surface area contributed by atoms with E-state index in [1.807, 2.05) is 0 Å². The molecule has 2 aromatic carbocycles. The number of amides is 1. The fraction of sp³-hybridized carbons (Fsp3) is 0.190. The highest BCUT2D eigenvalue weighted by Gasteiger charge is 2.33. The van der Waals surface area contributed by atoms with Gasteiger partial charge in [0.1, 0.15) is 23.8 Å². The zero-order valence-corrected chi connectivity index (χ0v) is 15.7. The molecule has 0 saturated heterocycles. The largest absolute Gasteiger partial charge is 0.444 e. The van der Waals surface area contributed by atoms with Crippen molar-refractivity contribution in [3.8, 4) is 11.3 Å². The fourth-order valence-electron chi connectivity index (χ4n) is 3.24. The Morgan fingerprint density at radius 3 is 2.72 bits per heavy atom. The minimum Gasteiger partial charge on any atom is -0.444 e. The number of hydrogen-bond donors (Lipinski definition) is 2. The molecule has 4 rings (SSSR count). The summed E-state index contributed by atoms with van der Waals surface area (Å²) in [5.41, 5.74) is 6.83. The minimum absolute atomic E-state index is 0.200. The van der Waals surface area contributed by atoms with Crippen LogP contribution in [0.3, 0.4) is 0 Å². The number of hydrogen-bond acceptors (Lipinski definition) is 6. The maximum atomic E-state index is 14.5. The summed E-state index contributed by atoms with van der Waals surface area (Å²) in [7, 11) is 0. The van der Waals surface area contributed by atoms with Gasteiger partial charge in [-0.1, -0.05) is 12.1 Å². The van der Waals surface area contributed by atoms with Gasteiger partial charge in [-0.15, -0.1) is 0 Å². The number of ether oxygens (including phenoxy) is 1. The standard InChI is InChI=1S/C21H19FN4O3/c1-21(11-28-10-19(23)26-21)16-8-15(6-7-17(16)22)25-20(27)14-4-2-13(3-5-14)18-9-24-12-29-18/h2-9,12H,10-11H2,1H3,(H2,23,26)(H,25,27). The lowest BCUT2D eigenvalue weighted by atomic mass is 9.91. The van der Waals surface area contributed by atoms with E-state index in [-0.39, 0.29) is 19.1 Å². The normalized spacial score (nSPS) is 18.9. The number of carbonyl (C=O) groups is 1. The highest BCUT2D eigenvalue weighted by atomic mass is 19.1. The monoisotopic (exact) mass is 394 g/mol. The number of amidine groups is 1. The second-order valence-electron chi connectivity index (χ2n) is 6.96. The van der Waals surface area contributed by atoms with E-state index >= 15 is 0 Å². The molecule has 7 nitrogen and oxygen atoms in total. The molecule has 0 spiro atoms. The van der Waals surface area contributed by atoms with Crippen molar-refractivity contribution in [3.63, 3.8) is 0 Å². The molecule has 0 radical (unpaired) electrons. The number of oxazole rings is 1. The molecule has 1 atom stereocenters. The van der Waals surface area contributed by atoms with Gasteiger partial charge in [0.05, 0.1) is 12.8 Å². The summed E-state index contributed by atoms with van der Waals surface area (Å²) < 4.78 is 25.1. The maximum absolute atomic E-state index is 14.5. The number of halogens is 1. The molecule has 8 heteroatoms. The van der Waals surface area contributed by atoms with E-state index in [1.165, 1.54) is 18.5 Å². The highest BCUT2D eigenvalue weighted by Crippen LogP contribution is 2.32. The first-order valence-corrected chi connectivity index (χ1v) is 8.97. The van der Waals surface area contributed by atoms with Crippen LogP contribution in [0.4, 0.5) is 10.1 Å². The molecule has 1 amide bonds. The van der Waals surface area contributed by atoms with Gasteiger partial charge in [-0.2, -0.15) is 0 Å². The number of carbonyl (C=O) groups excluding carboxylic acids is 1. The van der Waals surface area contributed by atoms with Crippen LogP contribution in [0.25, 0.3) is 11.3 Å². The lowest BCUT2D eigenvalue weighted by Gasteiger charge is -2.30. The van der Waals surface area contributed by atoms with Gasteiger partial charge in [-0.05, 0) is 37.3 Å². The first kappa shape index (κ1) is 18.8. The quantitative estimate of drug-likeness (QED) is 0.707. The van der Waals surface area contributed by atoms with E-state index in [2.05, 4.69) is 15.3 Å². The Morgan fingerprint density at radius 2 is 2.03 bits per heavy atom. The second kappa shape index (κ2) is 7.48. The van der Waals surface area contributed by atoms with Crippen LogP contribution in [-0.4, -0.2) is 29.9 Å². The van der Waals surface area contributed by atoms with E-state index in [0.717, 1.165) is 5.56 Å². The third kappa shape index (κ3) is 3.88. The Morgan fingerprint density at radius 1 is 1.24 bits per heavy atom. The predicted molar refractivity (Wildman–Crippen MR) is 106 cm³/mol. The first-order chi connectivity index (χ1) is 13.9. The zero-order chi connectivity index (χ0) is 20.4. The smallest absolute Gasteiger partial charge is 0.255 e. The van der Waals surface area contributed by atoms with E-state index in [4.69, 9.17) is 14.9 Å². The highest BCUT2D eigenvalue weighted by molar-refractivity contribution is 6.04. The van der Waals surface area contributed by atoms with E-state index in [9.17, 15) is 9.18 Å². The number of rotatable bonds is 4. The molecule has 1 aromatic heterocycles. The molecule has 148 valence electrons. The number of aliphatic imine (C=N–C) groups is 1. The summed E-state index contributed by atoms with van der Waals surface area (Å²) in [4.78, 5) is 20.8. The molecule has 2 heterocycles. The third-order valence-electron chi connectivity index (χ3n) is 4.69. The Labute approximate surface area is 166 Å². The van der Waals surface area contributed by atoms with Gasteiger partial charge < -0.3 is 20.2 Å². The average Bonchev–Trinajstić information content (AvgIpc) is 3.24. The van der Waals surface area contributed by atoms with Crippen molar-refractivity contribution in [1.82, 2.24) is 4.98 Å². The maximum Gasteiger partial charge on any atom is 0.255 e. The van der Waals surface area contributed by atoms with Crippen LogP contribution >= 0.6 is 0 Å². The minimum atomic E-state index is -0.953. The van der Waals surface area contributed by atoms with Crippen LogP contribution in [0.2, 0.25) is 0 Å². The molecule has 0 bridgehead atoms. The van der Waals surface area contributed by atoms with Crippen LogP contribution in [0.15, 0.2) is 64.5 Å². The van der Waals surface area contributed by atoms with Crippen molar-refractivity contribution in [2.24, 2.45) is 10.7 Å². The predicted octanol–water partition coefficient (Wildman–Crippen LogP) is 3.34. The lowest BCUT2D eigenvalue weighted by Crippen LogP contribution is -2.38. The zero-order valence-electron chi connectivity index (χ0n) is 15.7. The van der Waals surface area contributed by atoms with E-state index in [0.29, 0.717) is 28.4 Å². The molecule has 1 aliphatic heterocycles. The topological polar surface area (TPSA) is 103 Å². The number of nitrogens with one attached hydrogen (secondary N) is 1. The molecular formula is C21H19FN4O3. The second-order valence-corrected chi connectivity index (χ2v) is 6.96. The average molecular weight is 394 g/mol. The van der Waals surface area contributed by atoms with Gasteiger partial charge in [0.15, 0.2) is 12.2 Å². The number of nitrogens with zero attached hydrogens (tertiary/aromatic N) is 2. The van der Waals surface area contributed by atoms with Gasteiger partial charge >= 0.3 is 0 Å². The Balaban J connectivity index is 1.55. The van der Waals surface area contributed by atoms with Gasteiger partial charge in [0.25, 0.3) is 5.91 Å². The van der Waals surface area contributed by atoms with E-state index in [1.54, 1.807) is 43.5 Å². The molecule has 3 N–H and O–H groups in total. The molecule has 0 aliphatic carbocycles. The molecule has 0 saturated carbocycles. The molecular weight excluding hydrogens is 375 g/mol. The van der Waals surface area contributed by atoms with Crippen LogP contribution in [0.5, 0.6) is 0 Å². The number of aromatic nitrogens is 1. The summed E-state index contributed by atoms with van der Waals surface area (Å²) in [5.74, 6) is 0.158. The summed E-state index contributed by atoms with van der Waals surface area (Å²) in [5, 5.41) is 2.79. The van der Waals surface area contributed by atoms with Crippen molar-refractivity contribution in [2.75, 3.05) is 18.5 Å². The van der Waals surface area contributed by atoms with Crippen LogP contribution in [0.1, 0.15) is 22.8 Å². The van der Waals surface area contributed by atoms with Gasteiger partial charge in [0.2, 0.25) is 0 Å². The summed E-state index contributed by atoms with van der Waals surface area (Å²) in [6.07, 6.45) is 2.94. The number of benzene rings is 2. The molecule has 1 unspecified atom stereocenters. The van der Waals surface area contributed by atoms with Crippen molar-refractivity contribution >= 4 is 17.4 Å². The van der Waals surface area contributed by atoms with Gasteiger partial charge in [-0.25, -0.2) is 9.37 Å². The molecule has 29 heavy (non-hydrogen) atoms. The third-order valence-corrected chi connectivity index (χ3v) is 4.69. The molecule has 0 fully saturated rings. The van der Waals surface area contributed by atoms with Crippen molar-refractivity contribution in [2.45, 2.75) is 12.5 Å². The van der Waals surface area contributed by atoms with Crippen molar-refractivity contribution in [3.05, 3.63) is 72.0 Å². The lowest BCUT2D eigenvalue weighted by molar-refractivity contribution is 0.102. The number of anilines is 1. The summed E-state index contributed by atoms with van der Waals surface area (Å²) in [6, 6.07) is 11.2. The van der Waals surface area contributed by atoms with E-state index < -0.39 is 11.4 Å². The summed E-state index contributed by atoms with van der Waals surface area (Å²) >= 11 is 0.